The highest BCUT2D eigenvalue weighted by Gasteiger charge is 2.25. The zero-order valence-corrected chi connectivity index (χ0v) is 16.2. The largest absolute Gasteiger partial charge is 0.465 e. The zero-order chi connectivity index (χ0) is 19.4. The fourth-order valence-electron chi connectivity index (χ4n) is 2.63. The van der Waals surface area contributed by atoms with Crippen molar-refractivity contribution in [2.45, 2.75) is 71.4 Å². The first-order valence-electron chi connectivity index (χ1n) is 9.26. The molecule has 0 aromatic heterocycles. The Morgan fingerprint density at radius 3 is 2.27 bits per heavy atom. The van der Waals surface area contributed by atoms with Gasteiger partial charge in [-0.3, -0.25) is 9.63 Å². The standard InChI is InChI=1S/C20H32N2O4/c1-20(2,3)22(19(24)25)15-11-6-4-5-10-14-18(23)21-26-16-17-12-8-7-9-13-17/h7-9,12-13H,4-6,10-11,14-16H2,1-3H3,(H,21,23)(H,24,25). The first-order valence-corrected chi connectivity index (χ1v) is 9.26. The van der Waals surface area contributed by atoms with Gasteiger partial charge >= 0.3 is 6.09 Å². The molecule has 0 saturated carbocycles. The molecule has 0 bridgehead atoms. The SMILES string of the molecule is CC(C)(C)N(CCCCCCCC(=O)NOCc1ccccc1)C(=O)O. The molecule has 0 atom stereocenters. The number of nitrogens with zero attached hydrogens (tertiary/aromatic N) is 1. The normalized spacial score (nSPS) is 11.2. The van der Waals surface area contributed by atoms with Crippen molar-refractivity contribution in [3.8, 4) is 0 Å². The monoisotopic (exact) mass is 364 g/mol. The predicted molar refractivity (Wildman–Crippen MR) is 102 cm³/mol. The van der Waals surface area contributed by atoms with Crippen molar-refractivity contribution in [2.24, 2.45) is 0 Å². The molecular formula is C20H32N2O4. The lowest BCUT2D eigenvalue weighted by Crippen LogP contribution is -2.45. The van der Waals surface area contributed by atoms with Crippen LogP contribution in [0.1, 0.15) is 64.9 Å². The van der Waals surface area contributed by atoms with Gasteiger partial charge in [0.1, 0.15) is 0 Å². The topological polar surface area (TPSA) is 78.9 Å². The van der Waals surface area contributed by atoms with Crippen LogP contribution in [-0.4, -0.2) is 34.1 Å². The third kappa shape index (κ3) is 9.42. The van der Waals surface area contributed by atoms with Crippen molar-refractivity contribution in [2.75, 3.05) is 6.54 Å². The maximum Gasteiger partial charge on any atom is 0.407 e. The number of hydrogen-bond acceptors (Lipinski definition) is 3. The number of carboxylic acid groups (broad SMARTS) is 1. The lowest BCUT2D eigenvalue weighted by atomic mass is 10.1. The van der Waals surface area contributed by atoms with E-state index >= 15 is 0 Å². The smallest absolute Gasteiger partial charge is 0.407 e. The Kier molecular flexibility index (Phi) is 9.73. The van der Waals surface area contributed by atoms with E-state index in [0.717, 1.165) is 37.7 Å². The molecule has 0 spiro atoms. The van der Waals surface area contributed by atoms with Crippen LogP contribution in [0.3, 0.4) is 0 Å². The summed E-state index contributed by atoms with van der Waals surface area (Å²) < 4.78 is 0. The van der Waals surface area contributed by atoms with E-state index in [9.17, 15) is 14.7 Å². The van der Waals surface area contributed by atoms with Crippen LogP contribution >= 0.6 is 0 Å². The van der Waals surface area contributed by atoms with Gasteiger partial charge in [-0.1, -0.05) is 49.6 Å². The van der Waals surface area contributed by atoms with Gasteiger partial charge in [0, 0.05) is 18.5 Å². The Labute approximate surface area is 156 Å². The van der Waals surface area contributed by atoms with E-state index in [4.69, 9.17) is 4.84 Å². The fourth-order valence-corrected chi connectivity index (χ4v) is 2.63. The van der Waals surface area contributed by atoms with Crippen molar-refractivity contribution < 1.29 is 19.5 Å². The lowest BCUT2D eigenvalue weighted by Gasteiger charge is -2.33. The van der Waals surface area contributed by atoms with Crippen LogP contribution in [0.5, 0.6) is 0 Å². The van der Waals surface area contributed by atoms with Gasteiger partial charge in [-0.05, 0) is 39.2 Å². The second-order valence-corrected chi connectivity index (χ2v) is 7.42. The van der Waals surface area contributed by atoms with Crippen molar-refractivity contribution in [1.29, 1.82) is 0 Å². The Morgan fingerprint density at radius 1 is 1.04 bits per heavy atom. The van der Waals surface area contributed by atoms with Gasteiger partial charge in [0.15, 0.2) is 0 Å². The summed E-state index contributed by atoms with van der Waals surface area (Å²) in [6.45, 7) is 6.62. The Morgan fingerprint density at radius 2 is 1.65 bits per heavy atom. The van der Waals surface area contributed by atoms with Gasteiger partial charge in [-0.25, -0.2) is 10.3 Å². The highest BCUT2D eigenvalue weighted by molar-refractivity contribution is 5.74. The summed E-state index contributed by atoms with van der Waals surface area (Å²) in [6, 6.07) is 9.67. The summed E-state index contributed by atoms with van der Waals surface area (Å²) in [7, 11) is 0. The highest BCUT2D eigenvalue weighted by atomic mass is 16.6. The molecule has 0 aliphatic rings. The summed E-state index contributed by atoms with van der Waals surface area (Å²) in [5.41, 5.74) is 3.11. The molecule has 146 valence electrons. The van der Waals surface area contributed by atoms with Crippen molar-refractivity contribution in [3.63, 3.8) is 0 Å². The number of amides is 2. The van der Waals surface area contributed by atoms with Crippen LogP contribution in [0.15, 0.2) is 30.3 Å². The zero-order valence-electron chi connectivity index (χ0n) is 16.2. The number of benzene rings is 1. The molecule has 2 amide bonds. The lowest BCUT2D eigenvalue weighted by molar-refractivity contribution is -0.134. The summed E-state index contributed by atoms with van der Waals surface area (Å²) >= 11 is 0. The van der Waals surface area contributed by atoms with Gasteiger partial charge < -0.3 is 10.0 Å². The summed E-state index contributed by atoms with van der Waals surface area (Å²) in [6.07, 6.45) is 4.14. The van der Waals surface area contributed by atoms with Gasteiger partial charge in [0.05, 0.1) is 6.61 Å². The predicted octanol–water partition coefficient (Wildman–Crippen LogP) is 4.35. The molecule has 1 aromatic carbocycles. The number of unbranched alkanes of at least 4 members (excludes halogenated alkanes) is 4. The molecule has 0 aliphatic heterocycles. The average Bonchev–Trinajstić information content (AvgIpc) is 2.56. The number of hydrogen-bond donors (Lipinski definition) is 2. The molecule has 0 fully saturated rings. The van der Waals surface area contributed by atoms with Crippen LogP contribution in [0, 0.1) is 0 Å². The number of rotatable bonds is 11. The first-order chi connectivity index (χ1) is 12.3. The van der Waals surface area contributed by atoms with Crippen molar-refractivity contribution >= 4 is 12.0 Å². The molecule has 0 aliphatic carbocycles. The summed E-state index contributed by atoms with van der Waals surface area (Å²) in [5.74, 6) is -0.106. The van der Waals surface area contributed by atoms with Crippen LogP contribution < -0.4 is 5.48 Å². The minimum absolute atomic E-state index is 0.106. The quantitative estimate of drug-likeness (QED) is 0.452. The molecule has 0 unspecified atom stereocenters. The first kappa shape index (κ1) is 22.0. The molecule has 6 heteroatoms. The number of carbonyl (C=O) groups is 2. The van der Waals surface area contributed by atoms with E-state index in [1.165, 1.54) is 4.90 Å². The van der Waals surface area contributed by atoms with Gasteiger partial charge in [0.2, 0.25) is 5.91 Å². The van der Waals surface area contributed by atoms with E-state index in [1.54, 1.807) is 0 Å². The Balaban J connectivity index is 2.02. The van der Waals surface area contributed by atoms with E-state index in [1.807, 2.05) is 51.1 Å². The number of nitrogens with one attached hydrogen (secondary N) is 1. The number of carbonyl (C=O) groups excluding carboxylic acids is 1. The number of hydroxylamine groups is 1. The molecule has 2 N–H and O–H groups in total. The van der Waals surface area contributed by atoms with Crippen molar-refractivity contribution in [3.05, 3.63) is 35.9 Å². The van der Waals surface area contributed by atoms with E-state index in [-0.39, 0.29) is 11.4 Å². The Bertz CT molecular complexity index is 540. The molecule has 0 radical (unpaired) electrons. The fraction of sp³-hybridized carbons (Fsp3) is 0.600. The second-order valence-electron chi connectivity index (χ2n) is 7.42. The maximum absolute atomic E-state index is 11.7. The van der Waals surface area contributed by atoms with Gasteiger partial charge in [-0.2, -0.15) is 0 Å². The van der Waals surface area contributed by atoms with Gasteiger partial charge in [-0.15, -0.1) is 0 Å². The highest BCUT2D eigenvalue weighted by Crippen LogP contribution is 2.15. The molecular weight excluding hydrogens is 332 g/mol. The second kappa shape index (κ2) is 11.5. The Hall–Kier alpha value is -2.08. The molecule has 1 rings (SSSR count). The maximum atomic E-state index is 11.7. The molecule has 6 nitrogen and oxygen atoms in total. The molecule has 26 heavy (non-hydrogen) atoms. The van der Waals surface area contributed by atoms with Crippen LogP contribution in [0.2, 0.25) is 0 Å². The third-order valence-corrected chi connectivity index (χ3v) is 4.09. The van der Waals surface area contributed by atoms with Crippen LogP contribution in [0.25, 0.3) is 0 Å². The third-order valence-electron chi connectivity index (χ3n) is 4.09. The molecule has 0 heterocycles. The van der Waals surface area contributed by atoms with Gasteiger partial charge in [0.25, 0.3) is 0 Å². The van der Waals surface area contributed by atoms with Crippen LogP contribution in [0.4, 0.5) is 4.79 Å². The van der Waals surface area contributed by atoms with Crippen molar-refractivity contribution in [1.82, 2.24) is 10.4 Å². The minimum atomic E-state index is -0.871. The average molecular weight is 364 g/mol. The molecule has 1 aromatic rings. The van der Waals surface area contributed by atoms with E-state index in [0.29, 0.717) is 19.6 Å². The summed E-state index contributed by atoms with van der Waals surface area (Å²) in [5, 5.41) is 9.22. The van der Waals surface area contributed by atoms with E-state index in [2.05, 4.69) is 5.48 Å². The summed E-state index contributed by atoms with van der Waals surface area (Å²) in [4.78, 5) is 29.6. The van der Waals surface area contributed by atoms with E-state index < -0.39 is 6.09 Å². The molecule has 0 saturated heterocycles. The van der Waals surface area contributed by atoms with Crippen LogP contribution in [-0.2, 0) is 16.2 Å². The minimum Gasteiger partial charge on any atom is -0.465 e.